The highest BCUT2D eigenvalue weighted by atomic mass is 16.3. The number of aromatic hydroxyl groups is 1. The molecule has 0 aliphatic carbocycles. The minimum Gasteiger partial charge on any atom is -0.507 e. The number of rotatable bonds is 2. The van der Waals surface area contributed by atoms with Crippen molar-refractivity contribution in [2.75, 3.05) is 0 Å². The van der Waals surface area contributed by atoms with E-state index in [4.69, 9.17) is 9.97 Å². The van der Waals surface area contributed by atoms with Crippen molar-refractivity contribution in [3.63, 3.8) is 0 Å². The Morgan fingerprint density at radius 3 is 2.02 bits per heavy atom. The van der Waals surface area contributed by atoms with Gasteiger partial charge in [0.15, 0.2) is 0 Å². The third kappa shape index (κ3) is 3.12. The van der Waals surface area contributed by atoms with Gasteiger partial charge in [-0.2, -0.15) is 0 Å². The summed E-state index contributed by atoms with van der Waals surface area (Å²) in [4.78, 5) is 10.2. The molecule has 0 unspecified atom stereocenters. The largest absolute Gasteiger partial charge is 0.507 e. The van der Waals surface area contributed by atoms with E-state index in [1.165, 1.54) is 32.6 Å². The van der Waals surface area contributed by atoms with Crippen LogP contribution in [0.5, 0.6) is 5.75 Å². The summed E-state index contributed by atoms with van der Waals surface area (Å²) in [5, 5.41) is 18.9. The van der Waals surface area contributed by atoms with Crippen LogP contribution in [-0.4, -0.2) is 23.9 Å². The van der Waals surface area contributed by atoms with E-state index in [1.807, 2.05) is 30.5 Å². The number of benzene rings is 6. The Morgan fingerprint density at radius 1 is 0.489 bits per heavy atom. The number of phenolic OH excluding ortho intramolecular Hbond substituents is 1. The third-order valence-electron chi connectivity index (χ3n) is 9.96. The highest BCUT2D eigenvalue weighted by Crippen LogP contribution is 2.46. The van der Waals surface area contributed by atoms with E-state index in [1.54, 1.807) is 6.07 Å². The molecule has 0 saturated heterocycles. The van der Waals surface area contributed by atoms with Gasteiger partial charge in [0.05, 0.1) is 44.2 Å². The van der Waals surface area contributed by atoms with Gasteiger partial charge in [0.1, 0.15) is 11.4 Å². The lowest BCUT2D eigenvalue weighted by molar-refractivity contribution is 0.482. The zero-order chi connectivity index (χ0) is 30.8. The van der Waals surface area contributed by atoms with Crippen LogP contribution >= 0.6 is 0 Å². The fourth-order valence-corrected chi connectivity index (χ4v) is 8.07. The fourth-order valence-electron chi connectivity index (χ4n) is 8.07. The van der Waals surface area contributed by atoms with Crippen molar-refractivity contribution in [2.45, 2.75) is 0 Å². The van der Waals surface area contributed by atoms with Crippen LogP contribution in [0.2, 0.25) is 0 Å². The van der Waals surface area contributed by atoms with Crippen LogP contribution in [0, 0.1) is 0 Å². The van der Waals surface area contributed by atoms with Crippen LogP contribution in [0.1, 0.15) is 0 Å². The summed E-state index contributed by atoms with van der Waals surface area (Å²) in [6, 6.07) is 46.5. The first-order chi connectivity index (χ1) is 23.3. The van der Waals surface area contributed by atoms with E-state index < -0.39 is 0 Å². The lowest BCUT2D eigenvalue weighted by Gasteiger charge is -2.11. The van der Waals surface area contributed by atoms with Gasteiger partial charge in [-0.25, -0.2) is 4.98 Å². The second-order valence-corrected chi connectivity index (χ2v) is 12.3. The number of nitrogens with zero attached hydrogens (tertiary/aromatic N) is 4. The maximum atomic E-state index is 11.2. The van der Waals surface area contributed by atoms with Gasteiger partial charge in [-0.15, -0.1) is 0 Å². The van der Waals surface area contributed by atoms with Crippen LogP contribution in [0.3, 0.4) is 0 Å². The predicted octanol–water partition coefficient (Wildman–Crippen LogP) is 10.4. The molecule has 5 nitrogen and oxygen atoms in total. The maximum absolute atomic E-state index is 11.2. The van der Waals surface area contributed by atoms with Crippen molar-refractivity contribution in [3.8, 4) is 28.1 Å². The molecule has 0 aliphatic heterocycles. The number of fused-ring (bicyclic) bond motifs is 14. The molecule has 6 aromatic carbocycles. The molecule has 0 bridgehead atoms. The normalized spacial score (nSPS) is 12.3. The Balaban J connectivity index is 1.36. The molecule has 0 amide bonds. The fraction of sp³-hybridized carbons (Fsp3) is 0. The summed E-state index contributed by atoms with van der Waals surface area (Å²) < 4.78 is 4.63. The lowest BCUT2D eigenvalue weighted by atomic mass is 9.94. The average molecular weight is 601 g/mol. The zero-order valence-corrected chi connectivity index (χ0v) is 25.0. The van der Waals surface area contributed by atoms with Crippen molar-refractivity contribution < 1.29 is 5.11 Å². The number of hydrogen-bond donors (Lipinski definition) is 1. The number of phenols is 1. The molecule has 0 aliphatic rings. The van der Waals surface area contributed by atoms with Crippen molar-refractivity contribution in [1.82, 2.24) is 18.8 Å². The minimum absolute atomic E-state index is 0.228. The quantitative estimate of drug-likeness (QED) is 0.201. The van der Waals surface area contributed by atoms with Gasteiger partial charge in [-0.05, 0) is 59.5 Å². The van der Waals surface area contributed by atoms with Gasteiger partial charge in [-0.3, -0.25) is 9.38 Å². The number of aromatic nitrogens is 4. The first-order valence-corrected chi connectivity index (χ1v) is 15.8. The molecule has 5 heteroatoms. The second-order valence-electron chi connectivity index (χ2n) is 12.3. The average Bonchev–Trinajstić information content (AvgIpc) is 3.79. The number of pyridine rings is 2. The van der Waals surface area contributed by atoms with Crippen LogP contribution in [0.25, 0.3) is 98.8 Å². The summed E-state index contributed by atoms with van der Waals surface area (Å²) in [6.45, 7) is 0. The number of para-hydroxylation sites is 4. The van der Waals surface area contributed by atoms with E-state index in [-0.39, 0.29) is 5.75 Å². The molecular formula is C42H24N4O. The standard InChI is InChI=1S/C42H24N4O/c47-37-20-9-12-27-25-10-1-4-18-34(25)46-35-19-8-13-28(40(35)44-42(46)39(27)37)31-22-24(32-16-5-6-21-43-32)23-36-38(31)30-15-7-14-29-26-11-2-3-17-33(26)45(36)41(29)30/h1-23,47H. The Hall–Kier alpha value is -6.46. The smallest absolute Gasteiger partial charge is 0.150 e. The van der Waals surface area contributed by atoms with Crippen molar-refractivity contribution in [3.05, 3.63) is 140 Å². The molecule has 0 fully saturated rings. The summed E-state index contributed by atoms with van der Waals surface area (Å²) in [5.41, 5.74) is 11.4. The van der Waals surface area contributed by atoms with E-state index in [9.17, 15) is 5.11 Å². The predicted molar refractivity (Wildman–Crippen MR) is 193 cm³/mol. The summed E-state index contributed by atoms with van der Waals surface area (Å²) in [6.07, 6.45) is 1.85. The zero-order valence-electron chi connectivity index (χ0n) is 25.0. The first kappa shape index (κ1) is 24.8. The van der Waals surface area contributed by atoms with Gasteiger partial charge in [0.2, 0.25) is 0 Å². The van der Waals surface area contributed by atoms with Gasteiger partial charge < -0.3 is 9.51 Å². The maximum Gasteiger partial charge on any atom is 0.150 e. The Kier molecular flexibility index (Phi) is 4.66. The number of hydrogen-bond acceptors (Lipinski definition) is 3. The van der Waals surface area contributed by atoms with Gasteiger partial charge in [-0.1, -0.05) is 84.9 Å². The SMILES string of the molecule is Oc1cccc2c3ccccc3n3c4cccc(-c5cc(-c6ccccn6)cc6c5c5cccc7c8ccccc8n6c75)c4nc3c12. The van der Waals surface area contributed by atoms with Crippen LogP contribution < -0.4 is 0 Å². The van der Waals surface area contributed by atoms with Gasteiger partial charge >= 0.3 is 0 Å². The van der Waals surface area contributed by atoms with Crippen LogP contribution in [0.15, 0.2) is 140 Å². The highest BCUT2D eigenvalue weighted by molar-refractivity contribution is 6.27. The molecular weight excluding hydrogens is 576 g/mol. The molecule has 0 radical (unpaired) electrons. The molecule has 0 spiro atoms. The van der Waals surface area contributed by atoms with Crippen molar-refractivity contribution in [1.29, 1.82) is 0 Å². The second kappa shape index (κ2) is 8.83. The van der Waals surface area contributed by atoms with Crippen LogP contribution in [0.4, 0.5) is 0 Å². The van der Waals surface area contributed by atoms with Crippen molar-refractivity contribution >= 4 is 76.5 Å². The molecule has 5 heterocycles. The molecule has 5 aromatic heterocycles. The highest BCUT2D eigenvalue weighted by Gasteiger charge is 2.24. The van der Waals surface area contributed by atoms with E-state index in [0.717, 1.165) is 66.3 Å². The Bertz CT molecular complexity index is 3080. The minimum atomic E-state index is 0.228. The Morgan fingerprint density at radius 2 is 1.17 bits per heavy atom. The Labute approximate surface area is 267 Å². The first-order valence-electron chi connectivity index (χ1n) is 15.8. The monoisotopic (exact) mass is 600 g/mol. The molecule has 0 saturated carbocycles. The summed E-state index contributed by atoms with van der Waals surface area (Å²) in [5.74, 6) is 0.228. The molecule has 47 heavy (non-hydrogen) atoms. The number of imidazole rings is 1. The molecule has 0 atom stereocenters. The summed E-state index contributed by atoms with van der Waals surface area (Å²) >= 11 is 0. The lowest BCUT2D eigenvalue weighted by Crippen LogP contribution is -1.91. The molecule has 11 aromatic rings. The van der Waals surface area contributed by atoms with E-state index >= 15 is 0 Å². The van der Waals surface area contributed by atoms with Gasteiger partial charge in [0, 0.05) is 44.3 Å². The summed E-state index contributed by atoms with van der Waals surface area (Å²) in [7, 11) is 0. The van der Waals surface area contributed by atoms with Crippen molar-refractivity contribution in [2.24, 2.45) is 0 Å². The molecule has 11 rings (SSSR count). The van der Waals surface area contributed by atoms with Crippen LogP contribution in [-0.2, 0) is 0 Å². The molecule has 1 N–H and O–H groups in total. The van der Waals surface area contributed by atoms with E-state index in [2.05, 4.69) is 112 Å². The molecule has 218 valence electrons. The third-order valence-corrected chi connectivity index (χ3v) is 9.96. The van der Waals surface area contributed by atoms with Gasteiger partial charge in [0.25, 0.3) is 0 Å². The topological polar surface area (TPSA) is 54.8 Å². The van der Waals surface area contributed by atoms with E-state index in [0.29, 0.717) is 0 Å².